The van der Waals surface area contributed by atoms with Crippen molar-refractivity contribution in [3.63, 3.8) is 0 Å². The van der Waals surface area contributed by atoms with Crippen molar-refractivity contribution in [1.29, 1.82) is 0 Å². The first-order valence-electron chi connectivity index (χ1n) is 14.3. The number of fused-ring (bicyclic) bond motifs is 1. The minimum Gasteiger partial charge on any atom is -0.493 e. The van der Waals surface area contributed by atoms with Gasteiger partial charge in [0.15, 0.2) is 17.2 Å². The number of benzene rings is 2. The molecule has 2 aromatic heterocycles. The van der Waals surface area contributed by atoms with E-state index in [0.717, 1.165) is 18.9 Å². The first kappa shape index (κ1) is 31.7. The number of hydrogen-bond acceptors (Lipinski definition) is 9. The van der Waals surface area contributed by atoms with Crippen LogP contribution in [0.3, 0.4) is 0 Å². The van der Waals surface area contributed by atoms with Crippen molar-refractivity contribution in [3.8, 4) is 34.3 Å². The summed E-state index contributed by atoms with van der Waals surface area (Å²) in [6, 6.07) is 10.2. The summed E-state index contributed by atoms with van der Waals surface area (Å²) in [5, 5.41) is 21.4. The van der Waals surface area contributed by atoms with Gasteiger partial charge in [-0.15, -0.1) is 5.10 Å². The Morgan fingerprint density at radius 2 is 1.87 bits per heavy atom. The number of amides is 2. The van der Waals surface area contributed by atoms with Crippen molar-refractivity contribution in [2.45, 2.75) is 43.1 Å². The average Bonchev–Trinajstić information content (AvgIpc) is 3.60. The highest BCUT2D eigenvalue weighted by Gasteiger charge is 2.58. The zero-order valence-corrected chi connectivity index (χ0v) is 25.0. The van der Waals surface area contributed by atoms with E-state index in [0.29, 0.717) is 11.4 Å². The van der Waals surface area contributed by atoms with Crippen LogP contribution in [0.2, 0.25) is 0 Å². The van der Waals surface area contributed by atoms with Gasteiger partial charge in [-0.2, -0.15) is 13.2 Å². The number of nitrogens with one attached hydrogen (secondary N) is 1. The summed E-state index contributed by atoms with van der Waals surface area (Å²) < 4.78 is 75.7. The summed E-state index contributed by atoms with van der Waals surface area (Å²) in [6.45, 7) is -0.312. The van der Waals surface area contributed by atoms with Gasteiger partial charge in [0, 0.05) is 11.1 Å². The van der Waals surface area contributed by atoms with Crippen molar-refractivity contribution in [3.05, 3.63) is 77.4 Å². The Kier molecular flexibility index (Phi) is 7.78. The maximum atomic E-state index is 14.8. The van der Waals surface area contributed by atoms with E-state index in [4.69, 9.17) is 19.9 Å². The fourth-order valence-electron chi connectivity index (χ4n) is 4.98. The molecule has 0 radical (unpaired) electrons. The molecule has 2 aromatic carbocycles. The number of aromatic nitrogens is 4. The van der Waals surface area contributed by atoms with Gasteiger partial charge in [-0.25, -0.2) is 14.1 Å². The highest BCUT2D eigenvalue weighted by atomic mass is 19.4. The van der Waals surface area contributed by atoms with Gasteiger partial charge in [0.2, 0.25) is 11.5 Å². The molecular formula is C31H28F4N6O6. The lowest BCUT2D eigenvalue weighted by molar-refractivity contribution is -0.265. The summed E-state index contributed by atoms with van der Waals surface area (Å²) in [5.41, 5.74) is -0.812. The van der Waals surface area contributed by atoms with E-state index in [1.807, 2.05) is 0 Å². The standard InChI is InChI=1S/C31H28F4N6O6/c1-29(28(36)43)15-46-26-20(29)12-24(38-25(26)21-13-41(40-39-21)18-6-4-17(32)5-7-18)30(44,31(33,34)35)14-37-27(42)16-3-10-22(23(11-16)45-2)47-19-8-9-19/h3-7,10-13,19,44H,8-9,14-15H2,1-2H3,(H2,36,43)(H,37,42)/t29-,30-/m0/s1. The Hall–Kier alpha value is -5.25. The molecule has 2 amide bonds. The Labute approximate surface area is 264 Å². The van der Waals surface area contributed by atoms with Crippen LogP contribution in [0, 0.1) is 5.82 Å². The number of methoxy groups -OCH3 is 1. The first-order valence-corrected chi connectivity index (χ1v) is 14.3. The molecule has 47 heavy (non-hydrogen) atoms. The highest BCUT2D eigenvalue weighted by molar-refractivity contribution is 5.95. The molecule has 6 rings (SSSR count). The minimum absolute atomic E-state index is 0.0318. The monoisotopic (exact) mass is 656 g/mol. The maximum absolute atomic E-state index is 14.8. The SMILES string of the molecule is COc1cc(C(=O)NC[C@](O)(c2cc3c(c(-c4cn(-c5ccc(F)cc5)nn4)n2)OC[C@]3(C)C(N)=O)C(F)(F)F)ccc1OC1CC1. The molecule has 0 bridgehead atoms. The predicted molar refractivity (Wildman–Crippen MR) is 156 cm³/mol. The van der Waals surface area contributed by atoms with Crippen molar-refractivity contribution < 1.29 is 46.5 Å². The zero-order chi connectivity index (χ0) is 33.7. The van der Waals surface area contributed by atoms with Crippen molar-refractivity contribution in [2.24, 2.45) is 5.73 Å². The number of nitrogens with two attached hydrogens (primary N) is 1. The fourth-order valence-corrected chi connectivity index (χ4v) is 4.98. The third-order valence-corrected chi connectivity index (χ3v) is 8.08. The van der Waals surface area contributed by atoms with E-state index in [-0.39, 0.29) is 46.7 Å². The Morgan fingerprint density at radius 1 is 1.15 bits per heavy atom. The summed E-state index contributed by atoms with van der Waals surface area (Å²) in [7, 11) is 1.36. The van der Waals surface area contributed by atoms with Gasteiger partial charge in [0.25, 0.3) is 5.91 Å². The lowest BCUT2D eigenvalue weighted by atomic mass is 9.82. The number of primary amides is 1. The van der Waals surface area contributed by atoms with E-state index in [1.54, 1.807) is 0 Å². The van der Waals surface area contributed by atoms with E-state index < -0.39 is 47.1 Å². The smallest absolute Gasteiger partial charge is 0.424 e. The molecule has 4 N–H and O–H groups in total. The van der Waals surface area contributed by atoms with Gasteiger partial charge in [-0.05, 0) is 68.3 Å². The van der Waals surface area contributed by atoms with Crippen LogP contribution >= 0.6 is 0 Å². The van der Waals surface area contributed by atoms with Gasteiger partial charge in [0.05, 0.1) is 37.3 Å². The molecule has 0 spiro atoms. The molecule has 2 atom stereocenters. The molecule has 1 aliphatic heterocycles. The Balaban J connectivity index is 1.38. The summed E-state index contributed by atoms with van der Waals surface area (Å²) in [6.07, 6.45) is -2.30. The van der Waals surface area contributed by atoms with Crippen LogP contribution in [0.4, 0.5) is 17.6 Å². The zero-order valence-electron chi connectivity index (χ0n) is 25.0. The van der Waals surface area contributed by atoms with E-state index >= 15 is 0 Å². The highest BCUT2D eigenvalue weighted by Crippen LogP contribution is 2.47. The molecular weight excluding hydrogens is 628 g/mol. The summed E-state index contributed by atoms with van der Waals surface area (Å²) in [4.78, 5) is 29.7. The third-order valence-electron chi connectivity index (χ3n) is 8.08. The first-order chi connectivity index (χ1) is 22.2. The van der Waals surface area contributed by atoms with Gasteiger partial charge in [-0.3, -0.25) is 9.59 Å². The second kappa shape index (κ2) is 11.5. The third kappa shape index (κ3) is 5.80. The van der Waals surface area contributed by atoms with Crippen LogP contribution in [0.5, 0.6) is 17.2 Å². The Morgan fingerprint density at radius 3 is 2.51 bits per heavy atom. The lowest BCUT2D eigenvalue weighted by Gasteiger charge is -2.31. The molecule has 3 heterocycles. The number of alkyl halides is 3. The molecule has 4 aromatic rings. The molecule has 0 unspecified atom stereocenters. The van der Waals surface area contributed by atoms with Crippen LogP contribution in [-0.2, 0) is 15.8 Å². The molecule has 16 heteroatoms. The molecule has 12 nitrogen and oxygen atoms in total. The van der Waals surface area contributed by atoms with E-state index in [1.165, 1.54) is 67.4 Å². The van der Waals surface area contributed by atoms with Crippen LogP contribution in [0.25, 0.3) is 17.1 Å². The summed E-state index contributed by atoms with van der Waals surface area (Å²) >= 11 is 0. The number of hydrogen-bond donors (Lipinski definition) is 3. The number of nitrogens with zero attached hydrogens (tertiary/aromatic N) is 4. The number of halogens is 4. The molecule has 0 saturated heterocycles. The number of pyridine rings is 1. The topological polar surface area (TPSA) is 164 Å². The quantitative estimate of drug-likeness (QED) is 0.217. The average molecular weight is 657 g/mol. The maximum Gasteiger partial charge on any atom is 0.424 e. The van der Waals surface area contributed by atoms with E-state index in [2.05, 4.69) is 20.6 Å². The van der Waals surface area contributed by atoms with Crippen molar-refractivity contribution in [1.82, 2.24) is 25.3 Å². The number of aliphatic hydroxyl groups is 1. The van der Waals surface area contributed by atoms with E-state index in [9.17, 15) is 32.3 Å². The van der Waals surface area contributed by atoms with Crippen LogP contribution in [0.1, 0.15) is 41.4 Å². The van der Waals surface area contributed by atoms with Crippen LogP contribution in [-0.4, -0.2) is 69.4 Å². The fraction of sp³-hybridized carbons (Fsp3) is 0.323. The second-order valence-corrected chi connectivity index (χ2v) is 11.5. The summed E-state index contributed by atoms with van der Waals surface area (Å²) in [5.74, 6) is -1.85. The number of ether oxygens (including phenoxy) is 3. The van der Waals surface area contributed by atoms with Crippen LogP contribution < -0.4 is 25.3 Å². The largest absolute Gasteiger partial charge is 0.493 e. The van der Waals surface area contributed by atoms with Crippen LogP contribution in [0.15, 0.2) is 54.7 Å². The van der Waals surface area contributed by atoms with Gasteiger partial charge >= 0.3 is 6.18 Å². The Bertz CT molecular complexity index is 1860. The van der Waals surface area contributed by atoms with Crippen molar-refractivity contribution >= 4 is 11.8 Å². The number of carbonyl (C=O) groups is 2. The van der Waals surface area contributed by atoms with Crippen molar-refractivity contribution in [2.75, 3.05) is 20.3 Å². The minimum atomic E-state index is -5.38. The molecule has 1 saturated carbocycles. The van der Waals surface area contributed by atoms with Gasteiger partial charge in [-0.1, -0.05) is 5.21 Å². The lowest BCUT2D eigenvalue weighted by Crippen LogP contribution is -2.51. The van der Waals surface area contributed by atoms with Gasteiger partial charge in [0.1, 0.15) is 29.2 Å². The molecule has 246 valence electrons. The molecule has 2 aliphatic rings. The molecule has 1 aliphatic carbocycles. The second-order valence-electron chi connectivity index (χ2n) is 11.5. The number of rotatable bonds is 10. The number of carbonyl (C=O) groups excluding carboxylic acids is 2. The molecule has 1 fully saturated rings. The predicted octanol–water partition coefficient (Wildman–Crippen LogP) is 3.33. The normalized spacial score (nSPS) is 18.5. The van der Waals surface area contributed by atoms with Gasteiger partial charge < -0.3 is 30.4 Å².